The highest BCUT2D eigenvalue weighted by atomic mass is 35.5. The summed E-state index contributed by atoms with van der Waals surface area (Å²) in [6.45, 7) is 3.84. The van der Waals surface area contributed by atoms with E-state index in [4.69, 9.17) is 59.2 Å². The van der Waals surface area contributed by atoms with Crippen LogP contribution in [0.25, 0.3) is 32.7 Å². The maximum atomic E-state index is 14.1. The van der Waals surface area contributed by atoms with Gasteiger partial charge in [0.25, 0.3) is 0 Å². The number of benzene rings is 6. The number of aromatic nitrogens is 4. The average molecular weight is 1060 g/mol. The Hall–Kier alpha value is -8.24. The van der Waals surface area contributed by atoms with Crippen molar-refractivity contribution < 1.29 is 47.4 Å². The lowest BCUT2D eigenvalue weighted by atomic mass is 9.80. The molecule has 6 aromatic carbocycles. The van der Waals surface area contributed by atoms with Gasteiger partial charge in [-0.05, 0) is 108 Å². The molecule has 2 atom stereocenters. The van der Waals surface area contributed by atoms with E-state index in [1.807, 2.05) is 134 Å². The molecular weight excluding hydrogens is 1000 g/mol. The minimum absolute atomic E-state index is 0.00190. The van der Waals surface area contributed by atoms with Crippen LogP contribution in [0.15, 0.2) is 157 Å². The van der Waals surface area contributed by atoms with Crippen LogP contribution in [0.1, 0.15) is 40.4 Å². The molecule has 11 rings (SSSR count). The van der Waals surface area contributed by atoms with Crippen molar-refractivity contribution in [2.24, 2.45) is 0 Å². The topological polar surface area (TPSA) is 152 Å². The highest BCUT2D eigenvalue weighted by Gasteiger charge is 2.39. The van der Waals surface area contributed by atoms with Gasteiger partial charge in [-0.1, -0.05) is 84.4 Å². The van der Waals surface area contributed by atoms with E-state index >= 15 is 0 Å². The molecule has 9 aromatic rings. The minimum Gasteiger partial charge on any atom is -0.497 e. The maximum Gasteiger partial charge on any atom is 0.347 e. The van der Waals surface area contributed by atoms with Crippen molar-refractivity contribution in [3.63, 3.8) is 0 Å². The van der Waals surface area contributed by atoms with Gasteiger partial charge >= 0.3 is 5.97 Å². The van der Waals surface area contributed by atoms with Crippen molar-refractivity contribution in [3.8, 4) is 62.9 Å². The fraction of sp³-hybridized carbons (Fsp3) is 0.217. The van der Waals surface area contributed by atoms with Crippen LogP contribution >= 0.6 is 22.9 Å². The zero-order chi connectivity index (χ0) is 52.6. The van der Waals surface area contributed by atoms with Gasteiger partial charge in [-0.3, -0.25) is 0 Å². The molecule has 0 saturated heterocycles. The molecule has 0 amide bonds. The molecule has 0 radical (unpaired) electrons. The molecule has 0 N–H and O–H groups in total. The number of para-hydroxylation sites is 1. The molecule has 76 heavy (non-hydrogen) atoms. The summed E-state index contributed by atoms with van der Waals surface area (Å²) in [6.07, 6.45) is 1.13. The van der Waals surface area contributed by atoms with Crippen molar-refractivity contribution in [2.45, 2.75) is 44.7 Å². The standard InChI is InChI=1S/C60H53ClN4O10S/c1-6-70-59(66)53-31-38-30-45(24-26-50(38)72-32-42-28-29-62-56(65-42)48-14-10-11-15-51(48)69-5)71-33-46(74-52-27-25-47(37(2)55(52)61)49-35-76-58-54(49)57(75-53)63-36-64-58)34-73-60(39-12-8-7-9-13-39,40-16-20-43(67-3)21-17-40)41-18-22-44(68-4)23-19-41/h7-30,35-36,46,53H,6,31-34H2,1-5H3/t46-,53-/m1/s1. The molecule has 0 saturated carbocycles. The SMILES string of the molecule is CCOC(=O)[C@H]1Cc2cc(ccc2OCc2ccnc(-c3ccccc3OC)n2)OC[C@H](COC(c2ccccc2)(c2ccc(OC)cc2)c2ccc(OC)cc2)Oc2ccc(c(C)c2Cl)-c2csc3ncnc(c23)O1. The molecule has 2 aliphatic rings. The summed E-state index contributed by atoms with van der Waals surface area (Å²) in [4.78, 5) is 33.3. The van der Waals surface area contributed by atoms with E-state index in [9.17, 15) is 4.79 Å². The van der Waals surface area contributed by atoms with Gasteiger partial charge in [-0.15, -0.1) is 11.3 Å². The van der Waals surface area contributed by atoms with E-state index in [0.29, 0.717) is 66.8 Å². The highest BCUT2D eigenvalue weighted by molar-refractivity contribution is 7.17. The Labute approximate surface area is 449 Å². The lowest BCUT2D eigenvalue weighted by molar-refractivity contribution is -0.151. The van der Waals surface area contributed by atoms with E-state index in [0.717, 1.165) is 38.9 Å². The molecule has 14 nitrogen and oxygen atoms in total. The second-order valence-corrected chi connectivity index (χ2v) is 18.9. The van der Waals surface area contributed by atoms with Gasteiger partial charge in [0.2, 0.25) is 12.0 Å². The summed E-state index contributed by atoms with van der Waals surface area (Å²) in [5.74, 6) is 3.43. The Morgan fingerprint density at radius 1 is 0.750 bits per heavy atom. The Bertz CT molecular complexity index is 3420. The van der Waals surface area contributed by atoms with Gasteiger partial charge < -0.3 is 42.6 Å². The summed E-state index contributed by atoms with van der Waals surface area (Å²) in [5.41, 5.74) is 5.62. The number of ether oxygens (including phenoxy) is 9. The number of rotatable bonds is 15. The normalized spacial score (nSPS) is 14.4. The first kappa shape index (κ1) is 51.3. The lowest BCUT2D eigenvalue weighted by Gasteiger charge is -2.37. The van der Waals surface area contributed by atoms with Gasteiger partial charge in [0, 0.05) is 29.1 Å². The molecule has 4 bridgehead atoms. The number of esters is 1. The number of nitrogens with zero attached hydrogens (tertiary/aromatic N) is 4. The second-order valence-electron chi connectivity index (χ2n) is 17.6. The van der Waals surface area contributed by atoms with E-state index in [1.165, 1.54) is 17.7 Å². The first-order valence-electron chi connectivity index (χ1n) is 24.5. The Balaban J connectivity index is 1.07. The van der Waals surface area contributed by atoms with Crippen LogP contribution in [0.4, 0.5) is 0 Å². The zero-order valence-corrected chi connectivity index (χ0v) is 43.9. The summed E-state index contributed by atoms with van der Waals surface area (Å²) in [7, 11) is 4.88. The quantitative estimate of drug-likeness (QED) is 0.0707. The number of carbonyl (C=O) groups excluding carboxylic acids is 1. The fourth-order valence-corrected chi connectivity index (χ4v) is 10.3. The van der Waals surface area contributed by atoms with Gasteiger partial charge in [0.1, 0.15) is 64.5 Å². The third kappa shape index (κ3) is 10.7. The van der Waals surface area contributed by atoms with E-state index in [1.54, 1.807) is 52.6 Å². The third-order valence-electron chi connectivity index (χ3n) is 13.0. The Kier molecular flexibility index (Phi) is 15.6. The maximum absolute atomic E-state index is 14.1. The zero-order valence-electron chi connectivity index (χ0n) is 42.4. The van der Waals surface area contributed by atoms with Crippen LogP contribution in [-0.4, -0.2) is 79.3 Å². The highest BCUT2D eigenvalue weighted by Crippen LogP contribution is 2.45. The second kappa shape index (κ2) is 23.1. The molecule has 3 aromatic heterocycles. The first-order valence-corrected chi connectivity index (χ1v) is 25.8. The number of carbonyl (C=O) groups is 1. The molecule has 0 aliphatic carbocycles. The largest absolute Gasteiger partial charge is 0.497 e. The molecule has 2 aliphatic heterocycles. The minimum atomic E-state index is -1.19. The van der Waals surface area contributed by atoms with Crippen molar-refractivity contribution in [1.29, 1.82) is 0 Å². The van der Waals surface area contributed by atoms with E-state index < -0.39 is 23.8 Å². The summed E-state index contributed by atoms with van der Waals surface area (Å²) in [5, 5.41) is 2.98. The lowest BCUT2D eigenvalue weighted by Crippen LogP contribution is -2.39. The molecule has 5 heterocycles. The Morgan fingerprint density at radius 3 is 2.20 bits per heavy atom. The summed E-state index contributed by atoms with van der Waals surface area (Å²) >= 11 is 8.76. The van der Waals surface area contributed by atoms with Crippen LogP contribution in [0.2, 0.25) is 5.02 Å². The molecule has 16 heteroatoms. The van der Waals surface area contributed by atoms with Gasteiger partial charge in [-0.2, -0.15) is 0 Å². The number of thiophene rings is 1. The van der Waals surface area contributed by atoms with Crippen LogP contribution in [-0.2, 0) is 32.9 Å². The predicted octanol–water partition coefficient (Wildman–Crippen LogP) is 12.1. The third-order valence-corrected chi connectivity index (χ3v) is 14.4. The average Bonchev–Trinajstić information content (AvgIpc) is 3.91. The van der Waals surface area contributed by atoms with Crippen molar-refractivity contribution in [1.82, 2.24) is 19.9 Å². The van der Waals surface area contributed by atoms with Crippen molar-refractivity contribution >= 4 is 39.1 Å². The van der Waals surface area contributed by atoms with Gasteiger partial charge in [-0.25, -0.2) is 24.7 Å². The number of fused-ring (bicyclic) bond motifs is 7. The van der Waals surface area contributed by atoms with Gasteiger partial charge in [0.05, 0.1) is 56.2 Å². The number of methoxy groups -OCH3 is 3. The van der Waals surface area contributed by atoms with Crippen LogP contribution < -0.4 is 33.2 Å². The Morgan fingerprint density at radius 2 is 1.47 bits per heavy atom. The van der Waals surface area contributed by atoms with Crippen molar-refractivity contribution in [3.05, 3.63) is 196 Å². The number of hydrogen-bond acceptors (Lipinski definition) is 15. The summed E-state index contributed by atoms with van der Waals surface area (Å²) < 4.78 is 56.7. The smallest absolute Gasteiger partial charge is 0.347 e. The molecular formula is C60H53ClN4O10S. The summed E-state index contributed by atoms with van der Waals surface area (Å²) in [6, 6.07) is 44.2. The molecule has 386 valence electrons. The molecule has 0 spiro atoms. The molecule has 0 fully saturated rings. The van der Waals surface area contributed by atoms with Gasteiger partial charge in [0.15, 0.2) is 11.9 Å². The van der Waals surface area contributed by atoms with Crippen LogP contribution in [0, 0.1) is 6.92 Å². The van der Waals surface area contributed by atoms with E-state index in [2.05, 4.69) is 15.0 Å². The first-order chi connectivity index (χ1) is 37.2. The monoisotopic (exact) mass is 1060 g/mol. The molecule has 0 unspecified atom stereocenters. The van der Waals surface area contributed by atoms with Crippen LogP contribution in [0.5, 0.6) is 40.4 Å². The number of hydrogen-bond donors (Lipinski definition) is 0. The number of halogens is 1. The predicted molar refractivity (Wildman–Crippen MR) is 290 cm³/mol. The van der Waals surface area contributed by atoms with E-state index in [-0.39, 0.29) is 38.7 Å². The fourth-order valence-electron chi connectivity index (χ4n) is 9.23. The van der Waals surface area contributed by atoms with Crippen LogP contribution in [0.3, 0.4) is 0 Å². The van der Waals surface area contributed by atoms with Crippen molar-refractivity contribution in [2.75, 3.05) is 41.2 Å².